The van der Waals surface area contributed by atoms with Crippen LogP contribution in [0.2, 0.25) is 0 Å². The number of benzene rings is 1. The Kier molecular flexibility index (Phi) is 2.23. The molecule has 1 heterocycles. The lowest BCUT2D eigenvalue weighted by Gasteiger charge is -2.03. The van der Waals surface area contributed by atoms with E-state index in [1.807, 2.05) is 32.9 Å². The Hall–Kier alpha value is -1.77. The summed E-state index contributed by atoms with van der Waals surface area (Å²) in [5.41, 5.74) is 3.61. The minimum Gasteiger partial charge on any atom is -0.508 e. The van der Waals surface area contributed by atoms with E-state index in [4.69, 9.17) is 4.52 Å². The van der Waals surface area contributed by atoms with E-state index in [1.165, 1.54) is 0 Å². The van der Waals surface area contributed by atoms with Crippen molar-refractivity contribution < 1.29 is 9.63 Å². The molecule has 3 nitrogen and oxygen atoms in total. The molecule has 2 aromatic rings. The van der Waals surface area contributed by atoms with Gasteiger partial charge in [0.2, 0.25) is 0 Å². The van der Waals surface area contributed by atoms with Crippen LogP contribution in [0, 0.1) is 20.8 Å². The first-order valence-corrected chi connectivity index (χ1v) is 4.82. The largest absolute Gasteiger partial charge is 0.508 e. The summed E-state index contributed by atoms with van der Waals surface area (Å²) in [4.78, 5) is 0. The second kappa shape index (κ2) is 3.42. The summed E-state index contributed by atoms with van der Waals surface area (Å²) in [7, 11) is 0. The first-order valence-electron chi connectivity index (χ1n) is 4.82. The van der Waals surface area contributed by atoms with Crippen molar-refractivity contribution in [2.45, 2.75) is 20.8 Å². The van der Waals surface area contributed by atoms with Crippen molar-refractivity contribution in [1.82, 2.24) is 5.16 Å². The third-order valence-corrected chi connectivity index (χ3v) is 2.53. The fraction of sp³-hybridized carbons (Fsp3) is 0.250. The molecule has 2 rings (SSSR count). The number of rotatable bonds is 1. The zero-order chi connectivity index (χ0) is 11.0. The van der Waals surface area contributed by atoms with Gasteiger partial charge in [-0.05, 0) is 38.0 Å². The number of phenols is 1. The number of aromatic nitrogens is 1. The van der Waals surface area contributed by atoms with E-state index in [1.54, 1.807) is 6.07 Å². The van der Waals surface area contributed by atoms with E-state index < -0.39 is 0 Å². The van der Waals surface area contributed by atoms with E-state index in [9.17, 15) is 5.11 Å². The van der Waals surface area contributed by atoms with Crippen molar-refractivity contribution in [2.75, 3.05) is 0 Å². The maximum atomic E-state index is 9.63. The second-order valence-electron chi connectivity index (χ2n) is 3.70. The Labute approximate surface area is 88.3 Å². The smallest absolute Gasteiger partial charge is 0.141 e. The van der Waals surface area contributed by atoms with Crippen LogP contribution in [0.4, 0.5) is 0 Å². The highest BCUT2D eigenvalue weighted by Crippen LogP contribution is 2.30. The topological polar surface area (TPSA) is 46.3 Å². The van der Waals surface area contributed by atoms with Crippen molar-refractivity contribution in [3.05, 3.63) is 35.2 Å². The highest BCUT2D eigenvalue weighted by atomic mass is 16.5. The molecule has 3 heteroatoms. The van der Waals surface area contributed by atoms with Gasteiger partial charge in [-0.25, -0.2) is 0 Å². The summed E-state index contributed by atoms with van der Waals surface area (Å²) in [5, 5.41) is 13.5. The first kappa shape index (κ1) is 9.77. The molecule has 0 aliphatic carbocycles. The van der Waals surface area contributed by atoms with Crippen LogP contribution in [-0.2, 0) is 0 Å². The van der Waals surface area contributed by atoms with Crippen LogP contribution >= 0.6 is 0 Å². The van der Waals surface area contributed by atoms with Gasteiger partial charge in [0.05, 0.1) is 5.69 Å². The van der Waals surface area contributed by atoms with E-state index >= 15 is 0 Å². The highest BCUT2D eigenvalue weighted by molar-refractivity contribution is 5.69. The van der Waals surface area contributed by atoms with Gasteiger partial charge in [0.1, 0.15) is 11.5 Å². The fourth-order valence-corrected chi connectivity index (χ4v) is 1.66. The van der Waals surface area contributed by atoms with Crippen LogP contribution in [0.5, 0.6) is 5.75 Å². The number of nitrogens with zero attached hydrogens (tertiary/aromatic N) is 1. The van der Waals surface area contributed by atoms with Gasteiger partial charge in [-0.15, -0.1) is 0 Å². The van der Waals surface area contributed by atoms with Gasteiger partial charge in [0, 0.05) is 5.56 Å². The lowest BCUT2D eigenvalue weighted by molar-refractivity contribution is 0.393. The number of aryl methyl sites for hydroxylation is 3. The van der Waals surface area contributed by atoms with Crippen LogP contribution in [0.3, 0.4) is 0 Å². The summed E-state index contributed by atoms with van der Waals surface area (Å²) in [5.74, 6) is 1.07. The average Bonchev–Trinajstić information content (AvgIpc) is 2.52. The Morgan fingerprint density at radius 1 is 1.20 bits per heavy atom. The molecule has 78 valence electrons. The molecule has 1 N–H and O–H groups in total. The molecule has 0 atom stereocenters. The maximum Gasteiger partial charge on any atom is 0.141 e. The second-order valence-corrected chi connectivity index (χ2v) is 3.70. The number of phenolic OH excluding ortho intramolecular Hbond substituents is 1. The molecular formula is C12H13NO2. The summed E-state index contributed by atoms with van der Waals surface area (Å²) in [6.07, 6.45) is 0. The summed E-state index contributed by atoms with van der Waals surface area (Å²) < 4.78 is 5.09. The Balaban J connectivity index is 2.59. The van der Waals surface area contributed by atoms with Gasteiger partial charge in [-0.1, -0.05) is 17.3 Å². The maximum absolute atomic E-state index is 9.63. The standard InChI is InChI=1S/C12H13NO2/c1-7-4-5-10(6-11(7)14)12-8(2)13-15-9(12)3/h4-6,14H,1-3H3. The SMILES string of the molecule is Cc1ccc(-c2c(C)noc2C)cc1O. The van der Waals surface area contributed by atoms with Crippen LogP contribution in [0.15, 0.2) is 22.7 Å². The molecule has 0 saturated heterocycles. The van der Waals surface area contributed by atoms with Gasteiger partial charge >= 0.3 is 0 Å². The molecule has 0 amide bonds. The van der Waals surface area contributed by atoms with Gasteiger partial charge < -0.3 is 9.63 Å². The van der Waals surface area contributed by atoms with E-state index in [2.05, 4.69) is 5.16 Å². The molecule has 0 spiro atoms. The van der Waals surface area contributed by atoms with Gasteiger partial charge in [0.25, 0.3) is 0 Å². The van der Waals surface area contributed by atoms with Crippen LogP contribution in [-0.4, -0.2) is 10.3 Å². The molecule has 1 aromatic heterocycles. The predicted molar refractivity (Wildman–Crippen MR) is 57.8 cm³/mol. The van der Waals surface area contributed by atoms with Crippen LogP contribution < -0.4 is 0 Å². The van der Waals surface area contributed by atoms with Crippen molar-refractivity contribution in [3.63, 3.8) is 0 Å². The molecule has 0 fully saturated rings. The third kappa shape index (κ3) is 1.61. The third-order valence-electron chi connectivity index (χ3n) is 2.53. The highest BCUT2D eigenvalue weighted by Gasteiger charge is 2.12. The van der Waals surface area contributed by atoms with Crippen molar-refractivity contribution in [1.29, 1.82) is 0 Å². The van der Waals surface area contributed by atoms with Crippen LogP contribution in [0.1, 0.15) is 17.0 Å². The van der Waals surface area contributed by atoms with E-state index in [-0.39, 0.29) is 0 Å². The van der Waals surface area contributed by atoms with Crippen LogP contribution in [0.25, 0.3) is 11.1 Å². The van der Waals surface area contributed by atoms with Crippen molar-refractivity contribution in [3.8, 4) is 16.9 Å². The molecule has 15 heavy (non-hydrogen) atoms. The van der Waals surface area contributed by atoms with E-state index in [0.29, 0.717) is 5.75 Å². The lowest BCUT2D eigenvalue weighted by atomic mass is 10.0. The number of hydrogen-bond donors (Lipinski definition) is 1. The van der Waals surface area contributed by atoms with Crippen molar-refractivity contribution >= 4 is 0 Å². The first-order chi connectivity index (χ1) is 7.09. The lowest BCUT2D eigenvalue weighted by Crippen LogP contribution is -1.83. The zero-order valence-corrected chi connectivity index (χ0v) is 9.03. The minimum absolute atomic E-state index is 0.299. The summed E-state index contributed by atoms with van der Waals surface area (Å²) in [6, 6.07) is 5.58. The summed E-state index contributed by atoms with van der Waals surface area (Å²) in [6.45, 7) is 5.63. The summed E-state index contributed by atoms with van der Waals surface area (Å²) >= 11 is 0. The van der Waals surface area contributed by atoms with Gasteiger partial charge in [-0.3, -0.25) is 0 Å². The average molecular weight is 203 g/mol. The molecule has 0 aliphatic heterocycles. The number of hydrogen-bond acceptors (Lipinski definition) is 3. The number of aromatic hydroxyl groups is 1. The fourth-order valence-electron chi connectivity index (χ4n) is 1.66. The minimum atomic E-state index is 0.299. The Morgan fingerprint density at radius 3 is 2.47 bits per heavy atom. The molecule has 0 bridgehead atoms. The molecule has 0 aliphatic rings. The quantitative estimate of drug-likeness (QED) is 0.775. The predicted octanol–water partition coefficient (Wildman–Crippen LogP) is 2.97. The van der Waals surface area contributed by atoms with Crippen molar-refractivity contribution in [2.24, 2.45) is 0 Å². The molecule has 0 radical (unpaired) electrons. The Bertz CT molecular complexity index is 481. The van der Waals surface area contributed by atoms with Gasteiger partial charge in [-0.2, -0.15) is 0 Å². The molecule has 0 saturated carbocycles. The van der Waals surface area contributed by atoms with E-state index in [0.717, 1.165) is 28.1 Å². The molecular weight excluding hydrogens is 190 g/mol. The Morgan fingerprint density at radius 2 is 1.93 bits per heavy atom. The zero-order valence-electron chi connectivity index (χ0n) is 9.03. The molecule has 0 unspecified atom stereocenters. The monoisotopic (exact) mass is 203 g/mol. The normalized spacial score (nSPS) is 10.6. The van der Waals surface area contributed by atoms with Gasteiger partial charge in [0.15, 0.2) is 0 Å². The molecule has 1 aromatic carbocycles.